The van der Waals surface area contributed by atoms with Crippen molar-refractivity contribution in [2.75, 3.05) is 11.9 Å². The summed E-state index contributed by atoms with van der Waals surface area (Å²) in [5.41, 5.74) is 8.70. The normalized spacial score (nSPS) is 18.9. The van der Waals surface area contributed by atoms with Crippen LogP contribution < -0.4 is 26.4 Å². The zero-order chi connectivity index (χ0) is 20.9. The van der Waals surface area contributed by atoms with E-state index in [2.05, 4.69) is 26.4 Å². The average Bonchev–Trinajstić information content (AvgIpc) is 3.17. The zero-order valence-electron chi connectivity index (χ0n) is 15.5. The molecule has 1 aliphatic heterocycles. The Balaban J connectivity index is 1.65. The summed E-state index contributed by atoms with van der Waals surface area (Å²) in [7, 11) is -3.83. The Morgan fingerprint density at radius 1 is 1.03 bits per heavy atom. The number of hydrogen-bond acceptors (Lipinski definition) is 8. The molecule has 0 spiro atoms. The molecular weight excluding hydrogens is 398 g/mol. The number of nitrogens with one attached hydrogen (secondary N) is 5. The van der Waals surface area contributed by atoms with Gasteiger partial charge in [-0.3, -0.25) is 4.79 Å². The Bertz CT molecular complexity index is 966. The number of esters is 1. The summed E-state index contributed by atoms with van der Waals surface area (Å²) in [5.74, 6) is -0.932. The molecule has 5 N–H and O–H groups in total. The lowest BCUT2D eigenvalue weighted by Gasteiger charge is -2.19. The van der Waals surface area contributed by atoms with E-state index in [0.717, 1.165) is 0 Å². The van der Waals surface area contributed by atoms with E-state index in [1.165, 1.54) is 24.3 Å². The molecule has 154 valence electrons. The minimum Gasteiger partial charge on any atom is -0.462 e. The van der Waals surface area contributed by atoms with E-state index in [9.17, 15) is 18.0 Å². The van der Waals surface area contributed by atoms with Gasteiger partial charge in [-0.05, 0) is 43.3 Å². The molecule has 0 radical (unpaired) electrons. The number of benzene rings is 2. The number of amides is 1. The topological polar surface area (TPSA) is 138 Å². The molecule has 1 heterocycles. The van der Waals surface area contributed by atoms with E-state index in [-0.39, 0.29) is 11.5 Å². The predicted octanol–water partition coefficient (Wildman–Crippen LogP) is 0.0874. The summed E-state index contributed by atoms with van der Waals surface area (Å²) in [6.45, 7) is 1.98. The number of ether oxygens (including phenoxy) is 1. The van der Waals surface area contributed by atoms with Crippen LogP contribution in [-0.4, -0.2) is 39.1 Å². The van der Waals surface area contributed by atoms with E-state index in [1.54, 1.807) is 37.3 Å². The number of carbonyl (C=O) groups is 2. The van der Waals surface area contributed by atoms with Crippen LogP contribution in [0.25, 0.3) is 0 Å². The van der Waals surface area contributed by atoms with Crippen LogP contribution in [0.1, 0.15) is 17.3 Å². The largest absolute Gasteiger partial charge is 0.462 e. The van der Waals surface area contributed by atoms with Crippen molar-refractivity contribution in [1.82, 2.24) is 21.1 Å². The van der Waals surface area contributed by atoms with Gasteiger partial charge in [0.25, 0.3) is 0 Å². The van der Waals surface area contributed by atoms with Crippen LogP contribution in [0.4, 0.5) is 5.69 Å². The van der Waals surface area contributed by atoms with Crippen molar-refractivity contribution < 1.29 is 22.7 Å². The highest BCUT2D eigenvalue weighted by Gasteiger charge is 2.36. The Morgan fingerprint density at radius 2 is 1.72 bits per heavy atom. The number of hydrazine groups is 2. The summed E-state index contributed by atoms with van der Waals surface area (Å²) in [4.78, 5) is 24.4. The van der Waals surface area contributed by atoms with Crippen LogP contribution in [0.2, 0.25) is 0 Å². The van der Waals surface area contributed by atoms with Crippen molar-refractivity contribution in [2.45, 2.75) is 24.0 Å². The van der Waals surface area contributed by atoms with E-state index in [1.807, 2.05) is 0 Å². The molecule has 0 aliphatic carbocycles. The SMILES string of the molecule is CCOC(=O)c1ccc(NC(=O)C2NNNC2NS(=O)(=O)c2ccccc2)cc1. The predicted molar refractivity (Wildman–Crippen MR) is 105 cm³/mol. The highest BCUT2D eigenvalue weighted by Crippen LogP contribution is 2.13. The molecule has 10 nitrogen and oxygen atoms in total. The van der Waals surface area contributed by atoms with Crippen LogP contribution >= 0.6 is 0 Å². The average molecular weight is 419 g/mol. The lowest BCUT2D eigenvalue weighted by molar-refractivity contribution is -0.118. The van der Waals surface area contributed by atoms with Crippen LogP contribution in [0.5, 0.6) is 0 Å². The fourth-order valence-corrected chi connectivity index (χ4v) is 3.82. The number of sulfonamides is 1. The van der Waals surface area contributed by atoms with Crippen LogP contribution in [0, 0.1) is 0 Å². The molecule has 1 fully saturated rings. The van der Waals surface area contributed by atoms with E-state index >= 15 is 0 Å². The highest BCUT2D eigenvalue weighted by molar-refractivity contribution is 7.89. The first-order chi connectivity index (χ1) is 13.9. The fourth-order valence-electron chi connectivity index (χ4n) is 2.64. The number of anilines is 1. The van der Waals surface area contributed by atoms with Crippen molar-refractivity contribution in [3.05, 3.63) is 60.2 Å². The number of carbonyl (C=O) groups excluding carboxylic acids is 2. The molecule has 1 amide bonds. The van der Waals surface area contributed by atoms with E-state index in [4.69, 9.17) is 4.74 Å². The molecule has 2 atom stereocenters. The van der Waals surface area contributed by atoms with Crippen molar-refractivity contribution in [3.63, 3.8) is 0 Å². The Hall–Kier alpha value is -2.83. The van der Waals surface area contributed by atoms with Crippen LogP contribution in [0.3, 0.4) is 0 Å². The standard InChI is InChI=1S/C18H21N5O5S/c1-2-28-18(25)12-8-10-13(11-9-12)19-17(24)15-16(21-23-20-15)22-29(26,27)14-6-4-3-5-7-14/h3-11,15-16,20-23H,2H2,1H3,(H,19,24). The second-order valence-corrected chi connectivity index (χ2v) is 7.80. The van der Waals surface area contributed by atoms with Crippen LogP contribution in [0.15, 0.2) is 59.5 Å². The first-order valence-electron chi connectivity index (χ1n) is 8.82. The maximum Gasteiger partial charge on any atom is 0.338 e. The fraction of sp³-hybridized carbons (Fsp3) is 0.222. The number of hydrogen-bond donors (Lipinski definition) is 5. The third-order valence-electron chi connectivity index (χ3n) is 4.07. The van der Waals surface area contributed by atoms with Gasteiger partial charge in [-0.2, -0.15) is 10.3 Å². The van der Waals surface area contributed by atoms with Gasteiger partial charge in [0, 0.05) is 5.69 Å². The Kier molecular flexibility index (Phi) is 6.56. The van der Waals surface area contributed by atoms with Gasteiger partial charge in [0.1, 0.15) is 12.2 Å². The molecule has 11 heteroatoms. The zero-order valence-corrected chi connectivity index (χ0v) is 16.3. The first-order valence-corrected chi connectivity index (χ1v) is 10.3. The molecule has 3 rings (SSSR count). The van der Waals surface area contributed by atoms with Gasteiger partial charge in [0.2, 0.25) is 15.9 Å². The third-order valence-corrected chi connectivity index (χ3v) is 5.53. The molecule has 29 heavy (non-hydrogen) atoms. The summed E-state index contributed by atoms with van der Waals surface area (Å²) in [5, 5.41) is 2.67. The minimum absolute atomic E-state index is 0.0856. The quantitative estimate of drug-likeness (QED) is 0.398. The van der Waals surface area contributed by atoms with Crippen LogP contribution in [-0.2, 0) is 19.6 Å². The Morgan fingerprint density at radius 3 is 2.38 bits per heavy atom. The third kappa shape index (κ3) is 5.16. The van der Waals surface area contributed by atoms with E-state index in [0.29, 0.717) is 11.3 Å². The molecule has 2 unspecified atom stereocenters. The lowest BCUT2D eigenvalue weighted by Crippen LogP contribution is -2.53. The van der Waals surface area contributed by atoms with Gasteiger partial charge in [0.05, 0.1) is 17.1 Å². The van der Waals surface area contributed by atoms with Gasteiger partial charge in [0.15, 0.2) is 0 Å². The molecular formula is C18H21N5O5S. The van der Waals surface area contributed by atoms with Crippen molar-refractivity contribution in [2.24, 2.45) is 0 Å². The maximum absolute atomic E-state index is 12.6. The molecule has 1 saturated heterocycles. The molecule has 1 aliphatic rings. The van der Waals surface area contributed by atoms with Gasteiger partial charge < -0.3 is 10.1 Å². The minimum atomic E-state index is -3.83. The van der Waals surface area contributed by atoms with Gasteiger partial charge in [-0.25, -0.2) is 24.1 Å². The molecule has 0 aromatic heterocycles. The van der Waals surface area contributed by atoms with Gasteiger partial charge in [-0.1, -0.05) is 18.2 Å². The molecule has 2 aromatic rings. The van der Waals surface area contributed by atoms with Gasteiger partial charge in [-0.15, -0.1) is 0 Å². The van der Waals surface area contributed by atoms with Crippen molar-refractivity contribution >= 4 is 27.6 Å². The smallest absolute Gasteiger partial charge is 0.338 e. The monoisotopic (exact) mass is 419 g/mol. The summed E-state index contributed by atoms with van der Waals surface area (Å²) in [6, 6.07) is 13.1. The van der Waals surface area contributed by atoms with Crippen molar-refractivity contribution in [1.29, 1.82) is 0 Å². The Labute approximate surface area is 168 Å². The van der Waals surface area contributed by atoms with Crippen molar-refractivity contribution in [3.8, 4) is 0 Å². The van der Waals surface area contributed by atoms with Gasteiger partial charge >= 0.3 is 5.97 Å². The second kappa shape index (κ2) is 9.11. The lowest BCUT2D eigenvalue weighted by atomic mass is 10.2. The summed E-state index contributed by atoms with van der Waals surface area (Å²) in [6.07, 6.45) is -0.931. The highest BCUT2D eigenvalue weighted by atomic mass is 32.2. The summed E-state index contributed by atoms with van der Waals surface area (Å²) >= 11 is 0. The number of rotatable bonds is 7. The molecule has 2 aromatic carbocycles. The molecule has 0 bridgehead atoms. The summed E-state index contributed by atoms with van der Waals surface area (Å²) < 4.78 is 32.3. The molecule has 0 saturated carbocycles. The first kappa shape index (κ1) is 20.9. The van der Waals surface area contributed by atoms with E-state index < -0.39 is 34.1 Å². The second-order valence-electron chi connectivity index (χ2n) is 6.09. The maximum atomic E-state index is 12.6.